The Morgan fingerprint density at radius 1 is 1.40 bits per heavy atom. The smallest absolute Gasteiger partial charge is 0.269 e. The molecule has 7 heteroatoms. The Kier molecular flexibility index (Phi) is 4.99. The van der Waals surface area contributed by atoms with E-state index in [0.717, 1.165) is 11.1 Å². The van der Waals surface area contributed by atoms with Gasteiger partial charge in [0.25, 0.3) is 5.69 Å². The Hall–Kier alpha value is -1.14. The maximum Gasteiger partial charge on any atom is 0.269 e. The van der Waals surface area contributed by atoms with Crippen molar-refractivity contribution in [3.8, 4) is 0 Å². The molecule has 0 aliphatic rings. The summed E-state index contributed by atoms with van der Waals surface area (Å²) in [5.74, 6) is 0. The van der Waals surface area contributed by atoms with Gasteiger partial charge in [-0.3, -0.25) is 10.1 Å². The monoisotopic (exact) mass is 330 g/mol. The van der Waals surface area contributed by atoms with Crippen LogP contribution < -0.4 is 5.32 Å². The molecule has 4 nitrogen and oxygen atoms in total. The summed E-state index contributed by atoms with van der Waals surface area (Å²) in [5.41, 5.74) is 1.88. The molecule has 1 aromatic carbocycles. The van der Waals surface area contributed by atoms with Gasteiger partial charge in [0.05, 0.1) is 13.6 Å². The van der Waals surface area contributed by atoms with Crippen LogP contribution in [0.4, 0.5) is 5.69 Å². The van der Waals surface area contributed by atoms with E-state index in [9.17, 15) is 10.1 Å². The first kappa shape index (κ1) is 15.3. The first-order chi connectivity index (χ1) is 9.47. The zero-order valence-electron chi connectivity index (χ0n) is 10.6. The summed E-state index contributed by atoms with van der Waals surface area (Å²) in [7, 11) is 0. The molecule has 1 heterocycles. The molecule has 106 valence electrons. The number of nitro benzene ring substituents is 1. The first-order valence-electron chi connectivity index (χ1n) is 5.89. The second-order valence-corrected chi connectivity index (χ2v) is 6.59. The van der Waals surface area contributed by atoms with Crippen molar-refractivity contribution in [1.29, 1.82) is 0 Å². The molecule has 0 radical (unpaired) electrons. The summed E-state index contributed by atoms with van der Waals surface area (Å²) in [6.45, 7) is 2.49. The van der Waals surface area contributed by atoms with Crippen LogP contribution in [0.3, 0.4) is 0 Å². The number of halogens is 2. The van der Waals surface area contributed by atoms with Gasteiger partial charge in [0.1, 0.15) is 0 Å². The predicted molar refractivity (Wildman–Crippen MR) is 82.7 cm³/mol. The predicted octanol–water partition coefficient (Wildman–Crippen LogP) is 4.81. The quantitative estimate of drug-likeness (QED) is 0.632. The Labute approximate surface area is 130 Å². The molecular formula is C13H12Cl2N2O2S. The lowest BCUT2D eigenvalue weighted by atomic mass is 10.1. The molecule has 1 unspecified atom stereocenters. The van der Waals surface area contributed by atoms with Crippen LogP contribution in [0.15, 0.2) is 30.3 Å². The summed E-state index contributed by atoms with van der Waals surface area (Å²) in [5, 5.41) is 14.0. The van der Waals surface area contributed by atoms with E-state index in [2.05, 4.69) is 5.32 Å². The Bertz CT molecular complexity index is 631. The van der Waals surface area contributed by atoms with E-state index in [0.29, 0.717) is 15.2 Å². The van der Waals surface area contributed by atoms with Gasteiger partial charge < -0.3 is 5.32 Å². The minimum Gasteiger partial charge on any atom is -0.306 e. The number of nitrogens with one attached hydrogen (secondary N) is 1. The molecule has 0 spiro atoms. The molecule has 0 bridgehead atoms. The highest BCUT2D eigenvalue weighted by molar-refractivity contribution is 7.20. The van der Waals surface area contributed by atoms with Gasteiger partial charge in [-0.25, -0.2) is 0 Å². The van der Waals surface area contributed by atoms with Crippen LogP contribution in [0, 0.1) is 10.1 Å². The third kappa shape index (κ3) is 3.70. The second kappa shape index (κ2) is 6.54. The zero-order valence-corrected chi connectivity index (χ0v) is 12.9. The lowest BCUT2D eigenvalue weighted by molar-refractivity contribution is -0.384. The van der Waals surface area contributed by atoms with E-state index in [1.54, 1.807) is 12.1 Å². The minimum absolute atomic E-state index is 0.0190. The summed E-state index contributed by atoms with van der Waals surface area (Å²) >= 11 is 13.3. The molecule has 20 heavy (non-hydrogen) atoms. The van der Waals surface area contributed by atoms with Gasteiger partial charge in [-0.15, -0.1) is 11.3 Å². The van der Waals surface area contributed by atoms with Crippen LogP contribution in [0.1, 0.15) is 24.1 Å². The number of hydrogen-bond acceptors (Lipinski definition) is 4. The number of nitro groups is 1. The standard InChI is InChI=1S/C13H12Cl2N2O2S/c1-8(11-6-12(14)20-13(11)15)16-7-9-3-2-4-10(5-9)17(18)19/h2-6,8,16H,7H2,1H3. The highest BCUT2D eigenvalue weighted by atomic mass is 35.5. The van der Waals surface area contributed by atoms with Gasteiger partial charge >= 0.3 is 0 Å². The molecule has 0 aliphatic heterocycles. The van der Waals surface area contributed by atoms with Crippen molar-refractivity contribution in [2.75, 3.05) is 0 Å². The molecule has 0 fully saturated rings. The number of non-ortho nitro benzene ring substituents is 1. The maximum atomic E-state index is 10.7. The van der Waals surface area contributed by atoms with Crippen LogP contribution in [0.5, 0.6) is 0 Å². The van der Waals surface area contributed by atoms with Crippen LogP contribution in [-0.4, -0.2) is 4.92 Å². The summed E-state index contributed by atoms with van der Waals surface area (Å²) in [6, 6.07) is 8.40. The molecule has 2 aromatic rings. The van der Waals surface area contributed by atoms with Gasteiger partial charge in [0.15, 0.2) is 0 Å². The van der Waals surface area contributed by atoms with Gasteiger partial charge in [0, 0.05) is 24.7 Å². The maximum absolute atomic E-state index is 10.7. The highest BCUT2D eigenvalue weighted by Gasteiger charge is 2.13. The largest absolute Gasteiger partial charge is 0.306 e. The number of nitrogens with zero attached hydrogens (tertiary/aromatic N) is 1. The van der Waals surface area contributed by atoms with Crippen molar-refractivity contribution in [2.45, 2.75) is 19.5 Å². The highest BCUT2D eigenvalue weighted by Crippen LogP contribution is 2.34. The number of thiophene rings is 1. The molecule has 0 amide bonds. The third-order valence-corrected chi connectivity index (χ3v) is 4.40. The number of benzene rings is 1. The summed E-state index contributed by atoms with van der Waals surface area (Å²) in [6.07, 6.45) is 0. The van der Waals surface area contributed by atoms with E-state index in [1.807, 2.05) is 19.1 Å². The second-order valence-electron chi connectivity index (χ2n) is 4.31. The van der Waals surface area contributed by atoms with E-state index >= 15 is 0 Å². The van der Waals surface area contributed by atoms with Crippen molar-refractivity contribution in [3.63, 3.8) is 0 Å². The van der Waals surface area contributed by atoms with Crippen LogP contribution in [0.25, 0.3) is 0 Å². The van der Waals surface area contributed by atoms with E-state index in [4.69, 9.17) is 23.2 Å². The van der Waals surface area contributed by atoms with Crippen LogP contribution in [0.2, 0.25) is 8.67 Å². The van der Waals surface area contributed by atoms with Gasteiger partial charge in [-0.2, -0.15) is 0 Å². The third-order valence-electron chi connectivity index (χ3n) is 2.88. The lowest BCUT2D eigenvalue weighted by Gasteiger charge is -2.13. The fraction of sp³-hybridized carbons (Fsp3) is 0.231. The molecule has 0 saturated heterocycles. The van der Waals surface area contributed by atoms with Gasteiger partial charge in [-0.05, 0) is 24.1 Å². The van der Waals surface area contributed by atoms with Crippen LogP contribution >= 0.6 is 34.5 Å². The van der Waals surface area contributed by atoms with Crippen molar-refractivity contribution >= 4 is 40.2 Å². The first-order valence-corrected chi connectivity index (χ1v) is 7.46. The average Bonchev–Trinajstić information content (AvgIpc) is 2.75. The Morgan fingerprint density at radius 2 is 2.15 bits per heavy atom. The van der Waals surface area contributed by atoms with E-state index < -0.39 is 4.92 Å². The minimum atomic E-state index is -0.400. The SMILES string of the molecule is CC(NCc1cccc([N+](=O)[O-])c1)c1cc(Cl)sc1Cl. The normalized spacial score (nSPS) is 12.3. The Balaban J connectivity index is 2.03. The van der Waals surface area contributed by atoms with Crippen molar-refractivity contribution in [1.82, 2.24) is 5.32 Å². The zero-order chi connectivity index (χ0) is 14.7. The Morgan fingerprint density at radius 3 is 2.75 bits per heavy atom. The van der Waals surface area contributed by atoms with Crippen molar-refractivity contribution in [3.05, 3.63) is 60.2 Å². The molecule has 0 saturated carbocycles. The van der Waals surface area contributed by atoms with E-state index in [1.165, 1.54) is 17.4 Å². The summed E-state index contributed by atoms with van der Waals surface area (Å²) in [4.78, 5) is 10.3. The topological polar surface area (TPSA) is 55.2 Å². The van der Waals surface area contributed by atoms with Crippen LogP contribution in [-0.2, 0) is 6.54 Å². The van der Waals surface area contributed by atoms with E-state index in [-0.39, 0.29) is 11.7 Å². The van der Waals surface area contributed by atoms with Gasteiger partial charge in [-0.1, -0.05) is 35.3 Å². The molecule has 1 atom stereocenters. The van der Waals surface area contributed by atoms with Crippen molar-refractivity contribution in [2.24, 2.45) is 0 Å². The number of rotatable bonds is 5. The molecule has 0 aliphatic carbocycles. The van der Waals surface area contributed by atoms with Crippen molar-refractivity contribution < 1.29 is 4.92 Å². The number of hydrogen-bond donors (Lipinski definition) is 1. The summed E-state index contributed by atoms with van der Waals surface area (Å²) < 4.78 is 1.31. The van der Waals surface area contributed by atoms with Gasteiger partial charge in [0.2, 0.25) is 0 Å². The molecule has 1 aromatic heterocycles. The molecular weight excluding hydrogens is 319 g/mol. The molecule has 2 rings (SSSR count). The fourth-order valence-corrected chi connectivity index (χ4v) is 3.45. The fourth-order valence-electron chi connectivity index (χ4n) is 1.81. The molecule has 1 N–H and O–H groups in total. The lowest BCUT2D eigenvalue weighted by Crippen LogP contribution is -2.17. The average molecular weight is 331 g/mol.